The number of carboxylic acids is 1. The van der Waals surface area contributed by atoms with Gasteiger partial charge in [0, 0.05) is 24.6 Å². The largest absolute Gasteiger partial charge is 0.477 e. The first kappa shape index (κ1) is 20.6. The average Bonchev–Trinajstić information content (AvgIpc) is 3.48. The minimum absolute atomic E-state index is 0.202. The van der Waals surface area contributed by atoms with E-state index in [0.717, 1.165) is 44.5 Å². The van der Waals surface area contributed by atoms with Crippen molar-refractivity contribution in [3.8, 4) is 5.69 Å². The smallest absolute Gasteiger partial charge is 0.341 e. The van der Waals surface area contributed by atoms with Crippen molar-refractivity contribution in [3.63, 3.8) is 0 Å². The van der Waals surface area contributed by atoms with Gasteiger partial charge in [0.05, 0.1) is 5.39 Å². The lowest BCUT2D eigenvalue weighted by atomic mass is 10.1. The second-order valence-electron chi connectivity index (χ2n) is 8.61. The maximum Gasteiger partial charge on any atom is 0.341 e. The predicted octanol–water partition coefficient (Wildman–Crippen LogP) is 2.87. The molecule has 0 spiro atoms. The van der Waals surface area contributed by atoms with E-state index in [0.29, 0.717) is 11.6 Å². The van der Waals surface area contributed by atoms with Crippen molar-refractivity contribution in [1.82, 2.24) is 19.4 Å². The van der Waals surface area contributed by atoms with Crippen LogP contribution in [0.3, 0.4) is 0 Å². The van der Waals surface area contributed by atoms with Gasteiger partial charge in [0.25, 0.3) is 0 Å². The summed E-state index contributed by atoms with van der Waals surface area (Å²) in [5.41, 5.74) is 2.96. The molecular formula is C24H27N5O3. The Morgan fingerprint density at radius 1 is 1.12 bits per heavy atom. The number of aromatic nitrogens is 3. The number of aromatic carboxylic acids is 1. The highest BCUT2D eigenvalue weighted by molar-refractivity contribution is 5.92. The molecule has 1 saturated heterocycles. The lowest BCUT2D eigenvalue weighted by Crippen LogP contribution is -2.23. The van der Waals surface area contributed by atoms with Crippen molar-refractivity contribution in [3.05, 3.63) is 57.5 Å². The molecule has 0 unspecified atom stereocenters. The molecular weight excluding hydrogens is 406 g/mol. The van der Waals surface area contributed by atoms with E-state index >= 15 is 0 Å². The van der Waals surface area contributed by atoms with Crippen molar-refractivity contribution in [2.75, 3.05) is 31.5 Å². The van der Waals surface area contributed by atoms with E-state index in [9.17, 15) is 14.7 Å². The highest BCUT2D eigenvalue weighted by Gasteiger charge is 2.19. The minimum Gasteiger partial charge on any atom is -0.477 e. The summed E-state index contributed by atoms with van der Waals surface area (Å²) in [6.07, 6.45) is 9.55. The van der Waals surface area contributed by atoms with Gasteiger partial charge in [-0.1, -0.05) is 6.07 Å². The molecule has 1 fully saturated rings. The van der Waals surface area contributed by atoms with Crippen LogP contribution in [-0.4, -0.2) is 56.7 Å². The van der Waals surface area contributed by atoms with Gasteiger partial charge in [-0.05, 0) is 81.4 Å². The molecule has 0 atom stereocenters. The third-order valence-electron chi connectivity index (χ3n) is 6.47. The van der Waals surface area contributed by atoms with Crippen molar-refractivity contribution in [1.29, 1.82) is 0 Å². The molecule has 3 aromatic rings. The molecule has 8 nitrogen and oxygen atoms in total. The van der Waals surface area contributed by atoms with E-state index in [2.05, 4.69) is 32.3 Å². The highest BCUT2D eigenvalue weighted by atomic mass is 16.4. The monoisotopic (exact) mass is 433 g/mol. The first-order valence-electron chi connectivity index (χ1n) is 11.3. The summed E-state index contributed by atoms with van der Waals surface area (Å²) in [6.45, 7) is 4.12. The lowest BCUT2D eigenvalue weighted by molar-refractivity contribution is 0.0695. The molecule has 2 aromatic heterocycles. The molecule has 166 valence electrons. The van der Waals surface area contributed by atoms with E-state index in [1.807, 2.05) is 6.07 Å². The van der Waals surface area contributed by atoms with Crippen molar-refractivity contribution in [2.24, 2.45) is 0 Å². The highest BCUT2D eigenvalue weighted by Crippen LogP contribution is 2.26. The molecule has 1 aromatic carbocycles. The Morgan fingerprint density at radius 2 is 1.94 bits per heavy atom. The Balaban J connectivity index is 1.48. The van der Waals surface area contributed by atoms with Crippen LogP contribution in [0.4, 0.5) is 5.95 Å². The van der Waals surface area contributed by atoms with E-state index in [4.69, 9.17) is 0 Å². The van der Waals surface area contributed by atoms with E-state index < -0.39 is 11.4 Å². The molecule has 2 N–H and O–H groups in total. The Bertz CT molecular complexity index is 1230. The molecule has 0 amide bonds. The average molecular weight is 434 g/mol. The van der Waals surface area contributed by atoms with Gasteiger partial charge in [0.1, 0.15) is 5.56 Å². The number of fused-ring (bicyclic) bond motifs is 2. The number of hydrogen-bond acceptors (Lipinski definition) is 6. The molecule has 32 heavy (non-hydrogen) atoms. The van der Waals surface area contributed by atoms with Crippen LogP contribution in [0.15, 0.2) is 35.4 Å². The first-order chi connectivity index (χ1) is 15.6. The van der Waals surface area contributed by atoms with Crippen LogP contribution in [0, 0.1) is 0 Å². The van der Waals surface area contributed by atoms with Gasteiger partial charge >= 0.3 is 5.97 Å². The summed E-state index contributed by atoms with van der Waals surface area (Å²) >= 11 is 0. The normalized spacial score (nSPS) is 15.9. The second kappa shape index (κ2) is 8.70. The summed E-state index contributed by atoms with van der Waals surface area (Å²) in [5.74, 6) is -0.813. The predicted molar refractivity (Wildman–Crippen MR) is 123 cm³/mol. The van der Waals surface area contributed by atoms with Gasteiger partial charge in [-0.15, -0.1) is 0 Å². The Labute approximate surface area is 185 Å². The molecule has 3 heterocycles. The van der Waals surface area contributed by atoms with Crippen LogP contribution in [0.5, 0.6) is 0 Å². The molecule has 0 radical (unpaired) electrons. The number of carbonyl (C=O) groups is 1. The van der Waals surface area contributed by atoms with Gasteiger partial charge in [0.2, 0.25) is 11.4 Å². The quantitative estimate of drug-likeness (QED) is 0.553. The topological polar surface area (TPSA) is 100 Å². The van der Waals surface area contributed by atoms with Gasteiger partial charge in [-0.2, -0.15) is 4.98 Å². The van der Waals surface area contributed by atoms with Crippen LogP contribution in [0.1, 0.15) is 47.2 Å². The number of hydrogen-bond donors (Lipinski definition) is 2. The van der Waals surface area contributed by atoms with Crippen LogP contribution in [-0.2, 0) is 12.8 Å². The Morgan fingerprint density at radius 3 is 2.75 bits per heavy atom. The third kappa shape index (κ3) is 3.98. The zero-order valence-electron chi connectivity index (χ0n) is 18.0. The number of nitrogens with zero attached hydrogens (tertiary/aromatic N) is 4. The second-order valence-corrected chi connectivity index (χ2v) is 8.61. The number of likely N-dealkylation sites (tertiary alicyclic amines) is 1. The van der Waals surface area contributed by atoms with Gasteiger partial charge in [-0.3, -0.25) is 4.79 Å². The fourth-order valence-corrected chi connectivity index (χ4v) is 4.76. The fraction of sp³-hybridized carbons (Fsp3) is 0.417. The lowest BCUT2D eigenvalue weighted by Gasteiger charge is -2.15. The summed E-state index contributed by atoms with van der Waals surface area (Å²) in [6, 6.07) is 6.12. The standard InChI is InChI=1S/C24H27N5O3/c30-21-19-14-26-24(25-9-4-12-28-10-1-2-11-28)27-22(19)29(15-20(21)23(31)32)18-8-7-16-5-3-6-17(16)13-18/h7-8,13-15H,1-6,9-12H2,(H,31,32)(H,25,26,27). The number of anilines is 1. The number of benzene rings is 1. The molecule has 2 aliphatic rings. The zero-order chi connectivity index (χ0) is 22.1. The maximum absolute atomic E-state index is 12.8. The molecule has 1 aliphatic carbocycles. The number of nitrogens with one attached hydrogen (secondary N) is 1. The van der Waals surface area contributed by atoms with E-state index in [1.54, 1.807) is 4.57 Å². The number of pyridine rings is 1. The number of rotatable bonds is 7. The third-order valence-corrected chi connectivity index (χ3v) is 6.47. The van der Waals surface area contributed by atoms with Gasteiger partial charge < -0.3 is 19.9 Å². The Kier molecular flexibility index (Phi) is 5.61. The van der Waals surface area contributed by atoms with Crippen LogP contribution >= 0.6 is 0 Å². The van der Waals surface area contributed by atoms with Crippen molar-refractivity contribution in [2.45, 2.75) is 38.5 Å². The zero-order valence-corrected chi connectivity index (χ0v) is 18.0. The van der Waals surface area contributed by atoms with Crippen molar-refractivity contribution >= 4 is 23.0 Å². The molecule has 1 aliphatic heterocycles. The number of aryl methyl sites for hydroxylation is 2. The first-order valence-corrected chi connectivity index (χ1v) is 11.3. The maximum atomic E-state index is 12.8. The van der Waals surface area contributed by atoms with Crippen LogP contribution in [0.2, 0.25) is 0 Å². The molecule has 8 heteroatoms. The van der Waals surface area contributed by atoms with Crippen molar-refractivity contribution < 1.29 is 9.90 Å². The summed E-state index contributed by atoms with van der Waals surface area (Å²) in [4.78, 5) is 35.8. The van der Waals surface area contributed by atoms with Crippen LogP contribution in [0.25, 0.3) is 16.7 Å². The molecule has 5 rings (SSSR count). The fourth-order valence-electron chi connectivity index (χ4n) is 4.76. The van der Waals surface area contributed by atoms with Crippen LogP contribution < -0.4 is 10.7 Å². The van der Waals surface area contributed by atoms with E-state index in [1.165, 1.54) is 49.5 Å². The summed E-state index contributed by atoms with van der Waals surface area (Å²) in [7, 11) is 0. The molecule has 0 saturated carbocycles. The summed E-state index contributed by atoms with van der Waals surface area (Å²) in [5, 5.41) is 13.0. The van der Waals surface area contributed by atoms with Gasteiger partial charge in [0.15, 0.2) is 5.65 Å². The SMILES string of the molecule is O=C(O)c1cn(-c2ccc3c(c2)CCC3)c2nc(NCCCN3CCCC3)ncc2c1=O. The molecule has 0 bridgehead atoms. The minimum atomic E-state index is -1.25. The number of carboxylic acid groups (broad SMARTS) is 1. The van der Waals surface area contributed by atoms with Gasteiger partial charge in [-0.25, -0.2) is 9.78 Å². The van der Waals surface area contributed by atoms with E-state index in [-0.39, 0.29) is 10.9 Å². The Hall–Kier alpha value is -3.26. The summed E-state index contributed by atoms with van der Waals surface area (Å²) < 4.78 is 1.70.